The molecule has 0 bridgehead atoms. The molecule has 0 aliphatic rings. The van der Waals surface area contributed by atoms with Gasteiger partial charge >= 0.3 is 11.9 Å². The first-order valence-corrected chi connectivity index (χ1v) is 10.8. The van der Waals surface area contributed by atoms with Crippen molar-refractivity contribution in [2.45, 2.75) is 0 Å². The van der Waals surface area contributed by atoms with Gasteiger partial charge in [0, 0.05) is 17.2 Å². The quantitative estimate of drug-likeness (QED) is 0.173. The number of benzene rings is 4. The van der Waals surface area contributed by atoms with Crippen LogP contribution < -0.4 is 14.9 Å². The van der Waals surface area contributed by atoms with Crippen LogP contribution in [0.1, 0.15) is 36.6 Å². The number of esters is 2. The number of hydrogen-bond donors (Lipinski definition) is 2. The van der Waals surface area contributed by atoms with Gasteiger partial charge in [-0.15, -0.1) is 0 Å². The molecule has 178 valence electrons. The molecule has 0 aromatic heterocycles. The van der Waals surface area contributed by atoms with Crippen LogP contribution in [0.15, 0.2) is 108 Å². The van der Waals surface area contributed by atoms with E-state index in [1.807, 2.05) is 0 Å². The predicted molar refractivity (Wildman–Crippen MR) is 132 cm³/mol. The smallest absolute Gasteiger partial charge is 0.343 e. The maximum Gasteiger partial charge on any atom is 0.343 e. The minimum absolute atomic E-state index is 0.0352. The number of carbonyl (C=O) groups excluding carboxylic acids is 3. The molecule has 0 unspecified atom stereocenters. The molecule has 0 saturated carbocycles. The van der Waals surface area contributed by atoms with Gasteiger partial charge in [0.15, 0.2) is 0 Å². The molecule has 4 aromatic carbocycles. The molecule has 4 rings (SSSR count). The van der Waals surface area contributed by atoms with E-state index in [1.165, 1.54) is 48.7 Å². The van der Waals surface area contributed by atoms with E-state index in [1.54, 1.807) is 60.7 Å². The second-order valence-corrected chi connectivity index (χ2v) is 7.46. The van der Waals surface area contributed by atoms with Gasteiger partial charge in [-0.2, -0.15) is 5.10 Å². The number of nitrogens with one attached hydrogen (secondary N) is 1. The number of hydrogen-bond acceptors (Lipinski definition) is 7. The molecule has 4 aromatic rings. The highest BCUT2D eigenvalue weighted by Gasteiger charge is 2.15. The minimum atomic E-state index is -0.620. The second-order valence-electron chi connectivity index (χ2n) is 7.46. The van der Waals surface area contributed by atoms with Gasteiger partial charge in [-0.05, 0) is 60.7 Å². The molecular formula is C28H20N2O6. The standard InChI is InChI=1S/C28H20N2O6/c31-23-14-11-19(12-15-23)26(32)30-29-18-22-13-16-24(35-27(33)20-7-3-1-4-8-20)17-25(22)36-28(34)21-9-5-2-6-10-21/h1-18,31H,(H,30,32)/b29-18-. The average molecular weight is 480 g/mol. The summed E-state index contributed by atoms with van der Waals surface area (Å²) in [5.41, 5.74) is 3.71. The largest absolute Gasteiger partial charge is 0.508 e. The number of aromatic hydroxyl groups is 1. The van der Waals surface area contributed by atoms with Crippen LogP contribution in [0.3, 0.4) is 0 Å². The molecule has 0 aliphatic heterocycles. The fourth-order valence-corrected chi connectivity index (χ4v) is 3.08. The molecule has 0 heterocycles. The van der Waals surface area contributed by atoms with Crippen molar-refractivity contribution in [2.24, 2.45) is 5.10 Å². The fourth-order valence-electron chi connectivity index (χ4n) is 3.08. The third-order valence-electron chi connectivity index (χ3n) is 4.92. The van der Waals surface area contributed by atoms with Crippen molar-refractivity contribution in [3.63, 3.8) is 0 Å². The highest BCUT2D eigenvalue weighted by Crippen LogP contribution is 2.26. The molecule has 8 heteroatoms. The van der Waals surface area contributed by atoms with Gasteiger partial charge in [-0.25, -0.2) is 15.0 Å². The Morgan fingerprint density at radius 1 is 0.694 bits per heavy atom. The summed E-state index contributed by atoms with van der Waals surface area (Å²) >= 11 is 0. The fraction of sp³-hybridized carbons (Fsp3) is 0. The summed E-state index contributed by atoms with van der Waals surface area (Å²) in [6.45, 7) is 0. The Hall–Kier alpha value is -5.24. The first-order valence-electron chi connectivity index (χ1n) is 10.8. The molecule has 0 atom stereocenters. The summed E-state index contributed by atoms with van der Waals surface area (Å²) in [5.74, 6) is -1.42. The molecule has 0 spiro atoms. The minimum Gasteiger partial charge on any atom is -0.508 e. The number of carbonyl (C=O) groups is 3. The van der Waals surface area contributed by atoms with Gasteiger partial charge < -0.3 is 14.6 Å². The highest BCUT2D eigenvalue weighted by atomic mass is 16.5. The number of amides is 1. The van der Waals surface area contributed by atoms with E-state index < -0.39 is 17.8 Å². The van der Waals surface area contributed by atoms with Crippen LogP contribution in [0.2, 0.25) is 0 Å². The summed E-state index contributed by atoms with van der Waals surface area (Å²) in [5, 5.41) is 13.3. The van der Waals surface area contributed by atoms with Crippen molar-refractivity contribution in [2.75, 3.05) is 0 Å². The molecule has 0 fully saturated rings. The van der Waals surface area contributed by atoms with E-state index in [9.17, 15) is 19.5 Å². The van der Waals surface area contributed by atoms with Crippen LogP contribution in [0.25, 0.3) is 0 Å². The first-order chi connectivity index (χ1) is 17.5. The molecule has 1 amide bonds. The van der Waals surface area contributed by atoms with Crippen LogP contribution in [0.5, 0.6) is 17.2 Å². The summed E-state index contributed by atoms with van der Waals surface area (Å²) in [6.07, 6.45) is 1.30. The van der Waals surface area contributed by atoms with E-state index >= 15 is 0 Å². The number of phenols is 1. The highest BCUT2D eigenvalue weighted by molar-refractivity contribution is 5.96. The predicted octanol–water partition coefficient (Wildman–Crippen LogP) is 4.59. The van der Waals surface area contributed by atoms with Gasteiger partial charge in [0.25, 0.3) is 5.91 Å². The zero-order valence-corrected chi connectivity index (χ0v) is 18.8. The van der Waals surface area contributed by atoms with Crippen LogP contribution in [0.4, 0.5) is 0 Å². The van der Waals surface area contributed by atoms with Gasteiger partial charge in [0.1, 0.15) is 17.2 Å². The normalized spacial score (nSPS) is 10.6. The van der Waals surface area contributed by atoms with Crippen molar-refractivity contribution in [1.82, 2.24) is 5.43 Å². The van der Waals surface area contributed by atoms with Crippen molar-refractivity contribution in [3.8, 4) is 17.2 Å². The Balaban J connectivity index is 1.55. The number of rotatable bonds is 7. The molecule has 0 aliphatic carbocycles. The average Bonchev–Trinajstić information content (AvgIpc) is 2.91. The van der Waals surface area contributed by atoms with Crippen LogP contribution in [-0.2, 0) is 0 Å². The Morgan fingerprint density at radius 3 is 1.89 bits per heavy atom. The lowest BCUT2D eigenvalue weighted by Gasteiger charge is -2.10. The van der Waals surface area contributed by atoms with Crippen LogP contribution in [-0.4, -0.2) is 29.2 Å². The van der Waals surface area contributed by atoms with E-state index in [2.05, 4.69) is 10.5 Å². The molecule has 8 nitrogen and oxygen atoms in total. The van der Waals surface area contributed by atoms with Crippen LogP contribution >= 0.6 is 0 Å². The van der Waals surface area contributed by atoms with Gasteiger partial charge in [0.05, 0.1) is 17.3 Å². The summed E-state index contributed by atoms with van der Waals surface area (Å²) in [4.78, 5) is 37.3. The first kappa shape index (κ1) is 23.9. The Morgan fingerprint density at radius 2 is 1.28 bits per heavy atom. The third kappa shape index (κ3) is 6.21. The Bertz CT molecular complexity index is 1400. The van der Waals surface area contributed by atoms with E-state index in [0.29, 0.717) is 22.3 Å². The zero-order valence-electron chi connectivity index (χ0n) is 18.8. The van der Waals surface area contributed by atoms with Gasteiger partial charge in [-0.1, -0.05) is 36.4 Å². The lowest BCUT2D eigenvalue weighted by Crippen LogP contribution is -2.17. The monoisotopic (exact) mass is 480 g/mol. The zero-order chi connectivity index (χ0) is 25.3. The molecule has 0 saturated heterocycles. The lowest BCUT2D eigenvalue weighted by molar-refractivity contribution is 0.0732. The van der Waals surface area contributed by atoms with Gasteiger partial charge in [-0.3, -0.25) is 4.79 Å². The van der Waals surface area contributed by atoms with E-state index in [4.69, 9.17) is 9.47 Å². The lowest BCUT2D eigenvalue weighted by atomic mass is 10.2. The van der Waals surface area contributed by atoms with Crippen LogP contribution in [0, 0.1) is 0 Å². The number of ether oxygens (including phenoxy) is 2. The number of nitrogens with zero attached hydrogens (tertiary/aromatic N) is 1. The molecule has 2 N–H and O–H groups in total. The summed E-state index contributed by atoms with van der Waals surface area (Å²) in [7, 11) is 0. The molecule has 36 heavy (non-hydrogen) atoms. The Labute approximate surface area is 206 Å². The molecular weight excluding hydrogens is 460 g/mol. The topological polar surface area (TPSA) is 114 Å². The van der Waals surface area contributed by atoms with Crippen molar-refractivity contribution in [3.05, 3.63) is 125 Å². The van der Waals surface area contributed by atoms with Crippen molar-refractivity contribution >= 4 is 24.1 Å². The third-order valence-corrected chi connectivity index (χ3v) is 4.92. The van der Waals surface area contributed by atoms with E-state index in [-0.39, 0.29) is 17.2 Å². The summed E-state index contributed by atoms with van der Waals surface area (Å²) in [6, 6.07) is 27.0. The van der Waals surface area contributed by atoms with E-state index in [0.717, 1.165) is 0 Å². The molecule has 0 radical (unpaired) electrons. The number of hydrazone groups is 1. The van der Waals surface area contributed by atoms with Gasteiger partial charge in [0.2, 0.25) is 0 Å². The van der Waals surface area contributed by atoms with Crippen molar-refractivity contribution in [1.29, 1.82) is 0 Å². The second kappa shape index (κ2) is 11.3. The maximum absolute atomic E-state index is 12.7. The van der Waals surface area contributed by atoms with Crippen molar-refractivity contribution < 1.29 is 29.0 Å². The summed E-state index contributed by atoms with van der Waals surface area (Å²) < 4.78 is 11.0. The SMILES string of the molecule is O=C(N/N=C\c1ccc(OC(=O)c2ccccc2)cc1OC(=O)c1ccccc1)c1ccc(O)cc1. The maximum atomic E-state index is 12.7. The Kier molecular flexibility index (Phi) is 7.47. The number of phenolic OH excluding ortho intramolecular Hbond substituents is 1.